The number of nitrogens with zero attached hydrogens (tertiary/aromatic N) is 2. The van der Waals surface area contributed by atoms with Crippen LogP contribution in [-0.4, -0.2) is 71.8 Å². The largest absolute Gasteiger partial charge is 0.387 e. The summed E-state index contributed by atoms with van der Waals surface area (Å²) in [7, 11) is -3.67. The third kappa shape index (κ3) is 5.64. The SMILES string of the molecule is CS(=O)(=O)O.O[C@H]([C@H](O)[C@@H](O)c1nc2ccccc2[nH]1)[C@@H](O)c1nc2ccccc2[nH]1. The van der Waals surface area contributed by atoms with Gasteiger partial charge in [-0.25, -0.2) is 9.97 Å². The third-order valence-electron chi connectivity index (χ3n) is 4.37. The highest BCUT2D eigenvalue weighted by Crippen LogP contribution is 2.26. The highest BCUT2D eigenvalue weighted by Gasteiger charge is 2.35. The minimum Gasteiger partial charge on any atom is -0.387 e. The van der Waals surface area contributed by atoms with Crippen molar-refractivity contribution in [2.45, 2.75) is 24.4 Å². The van der Waals surface area contributed by atoms with Gasteiger partial charge in [-0.2, -0.15) is 8.42 Å². The Bertz CT molecular complexity index is 1110. The molecular formula is C19H22N4O7S. The van der Waals surface area contributed by atoms with Gasteiger partial charge in [-0.15, -0.1) is 0 Å². The van der Waals surface area contributed by atoms with Crippen molar-refractivity contribution in [1.82, 2.24) is 19.9 Å². The van der Waals surface area contributed by atoms with Crippen molar-refractivity contribution in [3.05, 3.63) is 60.2 Å². The Kier molecular flexibility index (Phi) is 6.69. The van der Waals surface area contributed by atoms with E-state index in [0.717, 1.165) is 0 Å². The van der Waals surface area contributed by atoms with Crippen molar-refractivity contribution in [2.75, 3.05) is 6.26 Å². The molecule has 0 aliphatic rings. The molecule has 0 bridgehead atoms. The smallest absolute Gasteiger partial charge is 0.261 e. The Morgan fingerprint density at radius 1 is 0.742 bits per heavy atom. The van der Waals surface area contributed by atoms with Gasteiger partial charge in [0.2, 0.25) is 0 Å². The van der Waals surface area contributed by atoms with Crippen LogP contribution in [0.15, 0.2) is 48.5 Å². The standard InChI is InChI=1S/C18H18N4O4.CH4O3S/c23-13(15(25)17-19-9-5-1-2-6-10(9)20-17)14(24)16(26)18-21-11-7-3-4-8-12(11)22-18;1-5(2,3)4/h1-8,13-16,23-26H,(H,19,20)(H,21,22);1H3,(H,2,3,4)/t13-,14+,15-,16-;/m1./s1. The predicted molar refractivity (Wildman–Crippen MR) is 112 cm³/mol. The molecule has 0 saturated carbocycles. The molecule has 2 aromatic heterocycles. The lowest BCUT2D eigenvalue weighted by Crippen LogP contribution is -2.37. The first-order valence-electron chi connectivity index (χ1n) is 9.08. The fraction of sp³-hybridized carbons (Fsp3) is 0.263. The van der Waals surface area contributed by atoms with Crippen LogP contribution in [0.5, 0.6) is 0 Å². The van der Waals surface area contributed by atoms with Crippen LogP contribution in [0.25, 0.3) is 22.1 Å². The maximum absolute atomic E-state index is 10.4. The number of aromatic amines is 2. The summed E-state index contributed by atoms with van der Waals surface area (Å²) in [6.45, 7) is 0. The normalized spacial score (nSPS) is 15.8. The molecular weight excluding hydrogens is 428 g/mol. The van der Waals surface area contributed by atoms with Gasteiger partial charge in [-0.1, -0.05) is 24.3 Å². The van der Waals surface area contributed by atoms with Crippen LogP contribution in [0, 0.1) is 0 Å². The van der Waals surface area contributed by atoms with E-state index >= 15 is 0 Å². The summed E-state index contributed by atoms with van der Waals surface area (Å²) in [4.78, 5) is 14.2. The van der Waals surface area contributed by atoms with E-state index in [0.29, 0.717) is 28.3 Å². The number of fused-ring (bicyclic) bond motifs is 2. The molecule has 0 spiro atoms. The molecule has 0 unspecified atom stereocenters. The second-order valence-electron chi connectivity index (χ2n) is 6.88. The van der Waals surface area contributed by atoms with Crippen LogP contribution in [0.4, 0.5) is 0 Å². The van der Waals surface area contributed by atoms with E-state index in [1.807, 2.05) is 12.1 Å². The van der Waals surface area contributed by atoms with Crippen molar-refractivity contribution >= 4 is 32.2 Å². The number of imidazole rings is 2. The minimum atomic E-state index is -3.67. The average molecular weight is 450 g/mol. The van der Waals surface area contributed by atoms with Crippen LogP contribution in [0.1, 0.15) is 23.9 Å². The summed E-state index contributed by atoms with van der Waals surface area (Å²) >= 11 is 0. The summed E-state index contributed by atoms with van der Waals surface area (Å²) in [6, 6.07) is 14.3. The highest BCUT2D eigenvalue weighted by atomic mass is 32.2. The molecule has 0 saturated heterocycles. The number of aliphatic hydroxyl groups is 4. The quantitative estimate of drug-likeness (QED) is 0.211. The monoisotopic (exact) mass is 450 g/mol. The van der Waals surface area contributed by atoms with Gasteiger partial charge in [-0.3, -0.25) is 4.55 Å². The molecule has 4 rings (SSSR count). The van der Waals surface area contributed by atoms with E-state index in [2.05, 4.69) is 19.9 Å². The third-order valence-corrected chi connectivity index (χ3v) is 4.37. The Morgan fingerprint density at radius 3 is 1.39 bits per heavy atom. The van der Waals surface area contributed by atoms with Crippen LogP contribution < -0.4 is 0 Å². The molecule has 4 aromatic rings. The molecule has 0 amide bonds. The zero-order valence-corrected chi connectivity index (χ0v) is 17.1. The van der Waals surface area contributed by atoms with Gasteiger partial charge < -0.3 is 30.4 Å². The first kappa shape index (κ1) is 22.8. The Balaban J connectivity index is 0.000000491. The number of hydrogen-bond acceptors (Lipinski definition) is 8. The summed E-state index contributed by atoms with van der Waals surface area (Å²) in [5, 5.41) is 41.3. The van der Waals surface area contributed by atoms with E-state index in [9.17, 15) is 28.8 Å². The topological polar surface area (TPSA) is 193 Å². The van der Waals surface area contributed by atoms with Crippen molar-refractivity contribution in [1.29, 1.82) is 0 Å². The molecule has 12 heteroatoms. The molecule has 7 N–H and O–H groups in total. The molecule has 0 aliphatic carbocycles. The van der Waals surface area contributed by atoms with E-state index in [1.54, 1.807) is 36.4 Å². The van der Waals surface area contributed by atoms with Gasteiger partial charge in [0.05, 0.1) is 28.3 Å². The van der Waals surface area contributed by atoms with Gasteiger partial charge in [0.1, 0.15) is 36.1 Å². The zero-order valence-electron chi connectivity index (χ0n) is 16.3. The van der Waals surface area contributed by atoms with Gasteiger partial charge >= 0.3 is 0 Å². The lowest BCUT2D eigenvalue weighted by atomic mass is 10.0. The van der Waals surface area contributed by atoms with Gasteiger partial charge in [0.15, 0.2) is 0 Å². The first-order valence-corrected chi connectivity index (χ1v) is 10.9. The maximum atomic E-state index is 10.4. The second-order valence-corrected chi connectivity index (χ2v) is 8.35. The minimum absolute atomic E-state index is 0.106. The zero-order chi connectivity index (χ0) is 22.8. The molecule has 31 heavy (non-hydrogen) atoms. The van der Waals surface area contributed by atoms with Gasteiger partial charge in [0.25, 0.3) is 10.1 Å². The summed E-state index contributed by atoms with van der Waals surface area (Å²) in [5.74, 6) is 0.212. The number of para-hydroxylation sites is 4. The van der Waals surface area contributed by atoms with Crippen molar-refractivity contribution in [3.63, 3.8) is 0 Å². The Hall–Kier alpha value is -2.87. The fourth-order valence-corrected chi connectivity index (χ4v) is 2.92. The summed E-state index contributed by atoms with van der Waals surface area (Å²) in [5.41, 5.74) is 2.64. The first-order chi connectivity index (χ1) is 14.5. The van der Waals surface area contributed by atoms with Crippen LogP contribution in [-0.2, 0) is 10.1 Å². The van der Waals surface area contributed by atoms with E-state index in [1.165, 1.54) is 0 Å². The van der Waals surface area contributed by atoms with Crippen LogP contribution in [0.3, 0.4) is 0 Å². The number of hydrogen-bond donors (Lipinski definition) is 7. The molecule has 11 nitrogen and oxygen atoms in total. The van der Waals surface area contributed by atoms with E-state index < -0.39 is 34.5 Å². The average Bonchev–Trinajstić information content (AvgIpc) is 3.34. The Morgan fingerprint density at radius 2 is 1.06 bits per heavy atom. The molecule has 0 fully saturated rings. The second kappa shape index (κ2) is 9.09. The lowest BCUT2D eigenvalue weighted by molar-refractivity contribution is -0.111. The number of rotatable bonds is 5. The number of aromatic nitrogens is 4. The van der Waals surface area contributed by atoms with Crippen molar-refractivity contribution in [3.8, 4) is 0 Å². The Labute approximate surface area is 176 Å². The highest BCUT2D eigenvalue weighted by molar-refractivity contribution is 7.85. The molecule has 0 radical (unpaired) electrons. The predicted octanol–water partition coefficient (Wildman–Crippen LogP) is 0.432. The lowest BCUT2D eigenvalue weighted by Gasteiger charge is -2.24. The van der Waals surface area contributed by atoms with Crippen LogP contribution >= 0.6 is 0 Å². The fourth-order valence-electron chi connectivity index (χ4n) is 2.92. The molecule has 4 atom stereocenters. The summed E-state index contributed by atoms with van der Waals surface area (Å²) in [6.07, 6.45) is -5.63. The number of benzene rings is 2. The van der Waals surface area contributed by atoms with E-state index in [-0.39, 0.29) is 11.6 Å². The van der Waals surface area contributed by atoms with Crippen LogP contribution in [0.2, 0.25) is 0 Å². The van der Waals surface area contributed by atoms with Gasteiger partial charge in [-0.05, 0) is 24.3 Å². The van der Waals surface area contributed by atoms with E-state index in [4.69, 9.17) is 4.55 Å². The van der Waals surface area contributed by atoms with Crippen molar-refractivity contribution in [2.24, 2.45) is 0 Å². The number of H-pyrrole nitrogens is 2. The van der Waals surface area contributed by atoms with Gasteiger partial charge in [0, 0.05) is 0 Å². The molecule has 2 heterocycles. The maximum Gasteiger partial charge on any atom is 0.261 e. The van der Waals surface area contributed by atoms with Crippen molar-refractivity contribution < 1.29 is 33.4 Å². The molecule has 166 valence electrons. The molecule has 0 aliphatic heterocycles. The number of nitrogens with one attached hydrogen (secondary N) is 2. The molecule has 2 aromatic carbocycles. The number of aliphatic hydroxyl groups excluding tert-OH is 4. The summed E-state index contributed by atoms with van der Waals surface area (Å²) < 4.78 is 25.9.